The summed E-state index contributed by atoms with van der Waals surface area (Å²) in [5.74, 6) is 1.04. The fraction of sp³-hybridized carbons (Fsp3) is 0.500. The number of benzene rings is 2. The summed E-state index contributed by atoms with van der Waals surface area (Å²) in [6.07, 6.45) is 7.68. The molecular formula is C36H45F2N3O2. The molecule has 0 N–H and O–H groups in total. The van der Waals surface area contributed by atoms with E-state index in [-0.39, 0.29) is 35.0 Å². The van der Waals surface area contributed by atoms with Gasteiger partial charge >= 0.3 is 5.97 Å². The number of piperazine rings is 1. The van der Waals surface area contributed by atoms with Crippen LogP contribution in [0.4, 0.5) is 14.6 Å². The fourth-order valence-corrected chi connectivity index (χ4v) is 6.85. The topological polar surface area (TPSA) is 45.7 Å². The average Bonchev–Trinajstić information content (AvgIpc) is 3.01. The molecule has 2 aromatic carbocycles. The Labute approximate surface area is 255 Å². The van der Waals surface area contributed by atoms with Gasteiger partial charge < -0.3 is 9.64 Å². The van der Waals surface area contributed by atoms with Crippen molar-refractivity contribution in [3.8, 4) is 0 Å². The minimum Gasteiger partial charge on any atom is -0.455 e. The number of esters is 1. The third-order valence-electron chi connectivity index (χ3n) is 9.53. The highest BCUT2D eigenvalue weighted by Crippen LogP contribution is 2.41. The summed E-state index contributed by atoms with van der Waals surface area (Å²) in [5.41, 5.74) is 2.22. The number of aromatic nitrogens is 1. The predicted octanol–water partition coefficient (Wildman–Crippen LogP) is 7.86. The smallest absolute Gasteiger partial charge is 0.340 e. The molecule has 1 saturated heterocycles. The van der Waals surface area contributed by atoms with Crippen LogP contribution in [-0.4, -0.2) is 54.2 Å². The number of hydrogen-bond donors (Lipinski definition) is 0. The van der Waals surface area contributed by atoms with Crippen LogP contribution in [0.15, 0.2) is 66.9 Å². The van der Waals surface area contributed by atoms with E-state index in [2.05, 4.69) is 35.6 Å². The van der Waals surface area contributed by atoms with E-state index >= 15 is 0 Å². The van der Waals surface area contributed by atoms with Crippen LogP contribution in [0.5, 0.6) is 0 Å². The molecule has 0 amide bonds. The first-order valence-corrected chi connectivity index (χ1v) is 15.9. The molecule has 1 unspecified atom stereocenters. The normalized spacial score (nSPS) is 21.4. The van der Waals surface area contributed by atoms with Gasteiger partial charge in [-0.05, 0) is 98.0 Å². The van der Waals surface area contributed by atoms with Crippen LogP contribution in [0.1, 0.15) is 86.7 Å². The van der Waals surface area contributed by atoms with Crippen LogP contribution >= 0.6 is 0 Å². The van der Waals surface area contributed by atoms with E-state index < -0.39 is 0 Å². The number of carbonyl (C=O) groups is 1. The van der Waals surface area contributed by atoms with E-state index in [0.29, 0.717) is 11.5 Å². The number of ether oxygens (including phenoxy) is 1. The van der Waals surface area contributed by atoms with Gasteiger partial charge in [0.15, 0.2) is 0 Å². The molecule has 2 fully saturated rings. The highest BCUT2D eigenvalue weighted by molar-refractivity contribution is 5.89. The number of halogens is 2. The molecule has 5 nitrogen and oxygen atoms in total. The lowest BCUT2D eigenvalue weighted by atomic mass is 9.73. The third-order valence-corrected chi connectivity index (χ3v) is 9.53. The van der Waals surface area contributed by atoms with Gasteiger partial charge in [0.1, 0.15) is 23.1 Å². The summed E-state index contributed by atoms with van der Waals surface area (Å²) >= 11 is 0. The number of rotatable bonds is 10. The molecule has 0 spiro atoms. The van der Waals surface area contributed by atoms with Crippen molar-refractivity contribution in [1.82, 2.24) is 9.88 Å². The number of anilines is 1. The first-order chi connectivity index (χ1) is 20.7. The zero-order valence-electron chi connectivity index (χ0n) is 25.8. The van der Waals surface area contributed by atoms with Crippen molar-refractivity contribution in [2.75, 3.05) is 37.6 Å². The molecule has 0 radical (unpaired) electrons. The quantitative estimate of drug-likeness (QED) is 0.225. The second kappa shape index (κ2) is 14.0. The Bertz CT molecular complexity index is 1280. The number of nitrogens with zero attached hydrogens (tertiary/aromatic N) is 3. The molecule has 2 atom stereocenters. The van der Waals surface area contributed by atoms with Gasteiger partial charge in [0.2, 0.25) is 0 Å². The van der Waals surface area contributed by atoms with E-state index in [0.717, 1.165) is 81.8 Å². The van der Waals surface area contributed by atoms with Gasteiger partial charge in [-0.2, -0.15) is 0 Å². The molecule has 0 bridgehead atoms. The molecule has 43 heavy (non-hydrogen) atoms. The molecule has 1 saturated carbocycles. The van der Waals surface area contributed by atoms with Crippen LogP contribution in [0, 0.1) is 23.5 Å². The predicted molar refractivity (Wildman–Crippen MR) is 167 cm³/mol. The van der Waals surface area contributed by atoms with E-state index in [9.17, 15) is 13.6 Å². The van der Waals surface area contributed by atoms with Crippen molar-refractivity contribution >= 4 is 11.8 Å². The van der Waals surface area contributed by atoms with Crippen molar-refractivity contribution in [3.05, 3.63) is 95.2 Å². The molecular weight excluding hydrogens is 544 g/mol. The molecule has 230 valence electrons. The molecule has 1 aliphatic heterocycles. The molecule has 1 aromatic heterocycles. The summed E-state index contributed by atoms with van der Waals surface area (Å²) < 4.78 is 33.3. The van der Waals surface area contributed by atoms with Gasteiger partial charge in [0.05, 0.1) is 5.56 Å². The Hall–Kier alpha value is -3.32. The summed E-state index contributed by atoms with van der Waals surface area (Å²) in [6, 6.07) is 17.1. The maximum absolute atomic E-state index is 13.6. The molecule has 2 heterocycles. The van der Waals surface area contributed by atoms with Crippen molar-refractivity contribution in [1.29, 1.82) is 0 Å². The Kier molecular flexibility index (Phi) is 10.1. The number of hydrogen-bond acceptors (Lipinski definition) is 5. The van der Waals surface area contributed by atoms with Crippen LogP contribution < -0.4 is 4.90 Å². The standard InChI is InChI=1S/C36H45F2N3O2/c1-26(2)36(18-4-6-27(3)24-36)43-35(42)30-12-17-34(39-25-30)41-22-20-40(21-23-41)19-5-7-33(28-8-13-31(37)14-9-28)29-10-15-32(38)16-11-29/h8-17,25-27,33H,4-7,18-24H2,1-3H3/t27-,36?/m1/s1. The molecule has 5 rings (SSSR count). The minimum absolute atomic E-state index is 0.0915. The van der Waals surface area contributed by atoms with E-state index in [1.54, 1.807) is 6.20 Å². The summed E-state index contributed by atoms with van der Waals surface area (Å²) in [6.45, 7) is 11.1. The minimum atomic E-state index is -0.387. The van der Waals surface area contributed by atoms with Crippen molar-refractivity contribution in [2.24, 2.45) is 11.8 Å². The Morgan fingerprint density at radius 3 is 2.12 bits per heavy atom. The first-order valence-electron chi connectivity index (χ1n) is 15.9. The lowest BCUT2D eigenvalue weighted by molar-refractivity contribution is -0.0743. The maximum atomic E-state index is 13.6. The highest BCUT2D eigenvalue weighted by Gasteiger charge is 2.41. The van der Waals surface area contributed by atoms with E-state index in [4.69, 9.17) is 4.74 Å². The van der Waals surface area contributed by atoms with E-state index in [1.165, 1.54) is 30.7 Å². The molecule has 2 aliphatic rings. The van der Waals surface area contributed by atoms with E-state index in [1.807, 2.05) is 36.4 Å². The lowest BCUT2D eigenvalue weighted by Gasteiger charge is -2.42. The largest absolute Gasteiger partial charge is 0.455 e. The van der Waals surface area contributed by atoms with Gasteiger partial charge in [-0.25, -0.2) is 18.6 Å². The van der Waals surface area contributed by atoms with Crippen molar-refractivity contribution < 1.29 is 18.3 Å². The zero-order valence-corrected chi connectivity index (χ0v) is 25.8. The van der Waals surface area contributed by atoms with Gasteiger partial charge in [0, 0.05) is 38.3 Å². The maximum Gasteiger partial charge on any atom is 0.340 e. The molecule has 1 aliphatic carbocycles. The Morgan fingerprint density at radius 2 is 1.58 bits per heavy atom. The monoisotopic (exact) mass is 589 g/mol. The van der Waals surface area contributed by atoms with Crippen molar-refractivity contribution in [3.63, 3.8) is 0 Å². The number of pyridine rings is 1. The molecule has 7 heteroatoms. The molecule has 3 aromatic rings. The zero-order chi connectivity index (χ0) is 30.4. The van der Waals surface area contributed by atoms with Gasteiger partial charge in [-0.15, -0.1) is 0 Å². The van der Waals surface area contributed by atoms with Gasteiger partial charge in [0.25, 0.3) is 0 Å². The second-order valence-corrected chi connectivity index (χ2v) is 12.8. The van der Waals surface area contributed by atoms with Crippen LogP contribution in [0.3, 0.4) is 0 Å². The number of carbonyl (C=O) groups excluding carboxylic acids is 1. The van der Waals surface area contributed by atoms with Crippen LogP contribution in [0.2, 0.25) is 0 Å². The summed E-state index contributed by atoms with van der Waals surface area (Å²) in [5, 5.41) is 0. The van der Waals surface area contributed by atoms with Crippen LogP contribution in [-0.2, 0) is 4.74 Å². The second-order valence-electron chi connectivity index (χ2n) is 12.8. The van der Waals surface area contributed by atoms with Gasteiger partial charge in [-0.3, -0.25) is 4.90 Å². The SMILES string of the molecule is CC(C)C1(OC(=O)c2ccc(N3CCN(CCCC(c4ccc(F)cc4)c4ccc(F)cc4)CC3)nc2)CCC[C@@H](C)C1. The Morgan fingerprint density at radius 1 is 0.953 bits per heavy atom. The first kappa shape index (κ1) is 31.1. The van der Waals surface area contributed by atoms with Crippen molar-refractivity contribution in [2.45, 2.75) is 70.8 Å². The summed E-state index contributed by atoms with van der Waals surface area (Å²) in [7, 11) is 0. The van der Waals surface area contributed by atoms with Gasteiger partial charge in [-0.1, -0.05) is 51.5 Å². The fourth-order valence-electron chi connectivity index (χ4n) is 6.85. The lowest BCUT2D eigenvalue weighted by Crippen LogP contribution is -2.47. The summed E-state index contributed by atoms with van der Waals surface area (Å²) in [4.78, 5) is 22.5. The Balaban J connectivity index is 1.12. The third kappa shape index (κ3) is 7.80. The van der Waals surface area contributed by atoms with Crippen LogP contribution in [0.25, 0.3) is 0 Å². The highest BCUT2D eigenvalue weighted by atomic mass is 19.1. The average molecular weight is 590 g/mol.